The van der Waals surface area contributed by atoms with Gasteiger partial charge in [0.15, 0.2) is 11.5 Å². The Kier molecular flexibility index (Phi) is 2.23. The molecule has 20 heavy (non-hydrogen) atoms. The number of nitrogen functional groups attached to an aromatic ring is 1. The maximum absolute atomic E-state index is 5.96. The molecule has 2 aromatic heterocycles. The van der Waals surface area contributed by atoms with E-state index in [1.54, 1.807) is 10.9 Å². The molecule has 4 aromatic rings. The first-order valence-corrected chi connectivity index (χ1v) is 6.41. The average molecular weight is 260 g/mol. The molecule has 4 heteroatoms. The number of hydrogen-bond donors (Lipinski definition) is 1. The molecule has 0 atom stereocenters. The largest absolute Gasteiger partial charge is 0.382 e. The number of pyridine rings is 1. The third kappa shape index (κ3) is 1.55. The first-order valence-electron chi connectivity index (χ1n) is 6.41. The van der Waals surface area contributed by atoms with Crippen molar-refractivity contribution in [3.05, 3.63) is 60.8 Å². The third-order valence-corrected chi connectivity index (χ3v) is 3.45. The van der Waals surface area contributed by atoms with Gasteiger partial charge in [0.1, 0.15) is 0 Å². The van der Waals surface area contributed by atoms with E-state index in [1.165, 1.54) is 10.8 Å². The van der Waals surface area contributed by atoms with Crippen LogP contribution < -0.4 is 5.73 Å². The van der Waals surface area contributed by atoms with Crippen LogP contribution in [0.4, 0.5) is 5.82 Å². The molecular weight excluding hydrogens is 248 g/mol. The molecule has 0 saturated carbocycles. The Morgan fingerprint density at radius 2 is 1.75 bits per heavy atom. The van der Waals surface area contributed by atoms with Crippen LogP contribution in [-0.2, 0) is 0 Å². The second kappa shape index (κ2) is 4.06. The minimum atomic E-state index is 0.501. The van der Waals surface area contributed by atoms with Crippen molar-refractivity contribution in [1.82, 2.24) is 14.8 Å². The van der Waals surface area contributed by atoms with Crippen molar-refractivity contribution in [2.75, 3.05) is 5.73 Å². The van der Waals surface area contributed by atoms with E-state index in [0.29, 0.717) is 5.82 Å². The van der Waals surface area contributed by atoms with Crippen LogP contribution in [0.25, 0.3) is 27.5 Å². The first kappa shape index (κ1) is 11.0. The van der Waals surface area contributed by atoms with Crippen molar-refractivity contribution in [1.29, 1.82) is 0 Å². The maximum atomic E-state index is 5.96. The topological polar surface area (TPSA) is 56.7 Å². The van der Waals surface area contributed by atoms with Crippen molar-refractivity contribution < 1.29 is 0 Å². The number of benzene rings is 2. The molecule has 96 valence electrons. The Hall–Kier alpha value is -2.88. The zero-order valence-corrected chi connectivity index (χ0v) is 10.7. The molecule has 0 saturated heterocycles. The van der Waals surface area contributed by atoms with Gasteiger partial charge in [-0.25, -0.2) is 9.67 Å². The Labute approximate surface area is 115 Å². The van der Waals surface area contributed by atoms with Gasteiger partial charge in [-0.1, -0.05) is 30.3 Å². The molecule has 0 unspecified atom stereocenters. The van der Waals surface area contributed by atoms with Gasteiger partial charge in [0.25, 0.3) is 0 Å². The molecule has 0 aliphatic heterocycles. The molecule has 2 heterocycles. The van der Waals surface area contributed by atoms with E-state index >= 15 is 0 Å². The van der Waals surface area contributed by atoms with Crippen LogP contribution in [0.2, 0.25) is 0 Å². The summed E-state index contributed by atoms with van der Waals surface area (Å²) >= 11 is 0. The normalized spacial score (nSPS) is 11.2. The highest BCUT2D eigenvalue weighted by Crippen LogP contribution is 2.24. The Balaban J connectivity index is 2.01. The van der Waals surface area contributed by atoms with Gasteiger partial charge in [0.05, 0.1) is 11.1 Å². The summed E-state index contributed by atoms with van der Waals surface area (Å²) in [6, 6.07) is 18.2. The number of hydrogen-bond acceptors (Lipinski definition) is 3. The summed E-state index contributed by atoms with van der Waals surface area (Å²) < 4.78 is 1.79. The molecule has 0 spiro atoms. The highest BCUT2D eigenvalue weighted by molar-refractivity contribution is 5.89. The van der Waals surface area contributed by atoms with E-state index in [0.717, 1.165) is 16.7 Å². The number of nitrogens with two attached hydrogens (primary N) is 1. The zero-order chi connectivity index (χ0) is 13.5. The predicted octanol–water partition coefficient (Wildman–Crippen LogP) is 3.16. The summed E-state index contributed by atoms with van der Waals surface area (Å²) in [5.41, 5.74) is 7.70. The summed E-state index contributed by atoms with van der Waals surface area (Å²) in [4.78, 5) is 4.38. The van der Waals surface area contributed by atoms with Gasteiger partial charge in [-0.2, -0.15) is 0 Å². The summed E-state index contributed by atoms with van der Waals surface area (Å²) in [6.45, 7) is 0. The van der Waals surface area contributed by atoms with Gasteiger partial charge in [-0.05, 0) is 35.0 Å². The Morgan fingerprint density at radius 3 is 2.65 bits per heavy atom. The number of fused-ring (bicyclic) bond motifs is 2. The van der Waals surface area contributed by atoms with Crippen LogP contribution in [-0.4, -0.2) is 14.8 Å². The monoisotopic (exact) mass is 260 g/mol. The molecular formula is C16H12N4. The van der Waals surface area contributed by atoms with E-state index in [-0.39, 0.29) is 0 Å². The van der Waals surface area contributed by atoms with Crippen LogP contribution in [0.5, 0.6) is 0 Å². The molecule has 0 amide bonds. The van der Waals surface area contributed by atoms with Gasteiger partial charge in [-0.15, -0.1) is 5.10 Å². The van der Waals surface area contributed by atoms with E-state index < -0.39 is 0 Å². The zero-order valence-electron chi connectivity index (χ0n) is 10.7. The molecule has 2 N–H and O–H groups in total. The van der Waals surface area contributed by atoms with E-state index in [9.17, 15) is 0 Å². The lowest BCUT2D eigenvalue weighted by Gasteiger charge is -2.04. The lowest BCUT2D eigenvalue weighted by molar-refractivity contribution is 0.904. The van der Waals surface area contributed by atoms with Crippen LogP contribution in [0.15, 0.2) is 60.8 Å². The summed E-state index contributed by atoms with van der Waals surface area (Å²) in [6.07, 6.45) is 1.75. The lowest BCUT2D eigenvalue weighted by Crippen LogP contribution is -1.98. The van der Waals surface area contributed by atoms with Crippen LogP contribution in [0.3, 0.4) is 0 Å². The average Bonchev–Trinajstić information content (AvgIpc) is 2.85. The van der Waals surface area contributed by atoms with Crippen molar-refractivity contribution in [2.24, 2.45) is 0 Å². The molecule has 4 rings (SSSR count). The molecule has 0 fully saturated rings. The van der Waals surface area contributed by atoms with E-state index in [1.807, 2.05) is 30.3 Å². The van der Waals surface area contributed by atoms with Gasteiger partial charge in [-0.3, -0.25) is 0 Å². The minimum absolute atomic E-state index is 0.501. The second-order valence-electron chi connectivity index (χ2n) is 4.70. The molecule has 4 nitrogen and oxygen atoms in total. The van der Waals surface area contributed by atoms with Gasteiger partial charge in [0.2, 0.25) is 0 Å². The van der Waals surface area contributed by atoms with Gasteiger partial charge in [0, 0.05) is 6.20 Å². The fraction of sp³-hybridized carbons (Fsp3) is 0. The second-order valence-corrected chi connectivity index (χ2v) is 4.70. The van der Waals surface area contributed by atoms with Crippen molar-refractivity contribution in [2.45, 2.75) is 0 Å². The minimum Gasteiger partial charge on any atom is -0.382 e. The van der Waals surface area contributed by atoms with Crippen molar-refractivity contribution in [3.8, 4) is 5.69 Å². The number of nitrogens with zero attached hydrogens (tertiary/aromatic N) is 3. The van der Waals surface area contributed by atoms with Crippen molar-refractivity contribution >= 4 is 27.6 Å². The van der Waals surface area contributed by atoms with Gasteiger partial charge < -0.3 is 5.73 Å². The standard InChI is InChI=1S/C16H12N4/c17-15-14-6-3-9-18-16(14)20(19-15)13-8-7-11-4-1-2-5-12(11)10-13/h1-10H,(H2,17,19). The lowest BCUT2D eigenvalue weighted by atomic mass is 10.1. The smallest absolute Gasteiger partial charge is 0.165 e. The predicted molar refractivity (Wildman–Crippen MR) is 80.8 cm³/mol. The SMILES string of the molecule is Nc1nn(-c2ccc3ccccc3c2)c2ncccc12. The fourth-order valence-electron chi connectivity index (χ4n) is 2.46. The van der Waals surface area contributed by atoms with E-state index in [2.05, 4.69) is 34.3 Å². The first-order chi connectivity index (χ1) is 9.83. The molecule has 0 aliphatic carbocycles. The molecule has 0 bridgehead atoms. The number of rotatable bonds is 1. The molecule has 2 aromatic carbocycles. The van der Waals surface area contributed by atoms with Crippen molar-refractivity contribution in [3.63, 3.8) is 0 Å². The Bertz CT molecular complexity index is 924. The van der Waals surface area contributed by atoms with E-state index in [4.69, 9.17) is 5.73 Å². The van der Waals surface area contributed by atoms with Crippen LogP contribution in [0.1, 0.15) is 0 Å². The molecule has 0 radical (unpaired) electrons. The number of aromatic nitrogens is 3. The van der Waals surface area contributed by atoms with Gasteiger partial charge >= 0.3 is 0 Å². The highest BCUT2D eigenvalue weighted by atomic mass is 15.3. The van der Waals surface area contributed by atoms with Crippen LogP contribution in [0, 0.1) is 0 Å². The number of anilines is 1. The molecule has 0 aliphatic rings. The Morgan fingerprint density at radius 1 is 0.900 bits per heavy atom. The third-order valence-electron chi connectivity index (χ3n) is 3.45. The maximum Gasteiger partial charge on any atom is 0.165 e. The summed E-state index contributed by atoms with van der Waals surface area (Å²) in [5, 5.41) is 7.65. The quantitative estimate of drug-likeness (QED) is 0.572. The summed E-state index contributed by atoms with van der Waals surface area (Å²) in [7, 11) is 0. The summed E-state index contributed by atoms with van der Waals surface area (Å²) in [5.74, 6) is 0.501. The fourth-order valence-corrected chi connectivity index (χ4v) is 2.46. The highest BCUT2D eigenvalue weighted by Gasteiger charge is 2.10. The van der Waals surface area contributed by atoms with Crippen LogP contribution >= 0.6 is 0 Å².